The van der Waals surface area contributed by atoms with Crippen molar-refractivity contribution in [1.82, 2.24) is 15.1 Å². The molecule has 0 unspecified atom stereocenters. The zero-order valence-electron chi connectivity index (χ0n) is 15.8. The SMILES string of the molecule is CC(=O)N1CCN(CC(=O)N[C@H](Cc2ccccc2)c2ccccc2)CC1. The van der Waals surface area contributed by atoms with Gasteiger partial charge >= 0.3 is 0 Å². The Hall–Kier alpha value is -2.66. The van der Waals surface area contributed by atoms with Gasteiger partial charge in [0.05, 0.1) is 12.6 Å². The second kappa shape index (κ2) is 9.33. The standard InChI is InChI=1S/C22H27N3O2/c1-18(26)25-14-12-24(13-15-25)17-22(27)23-21(20-10-6-3-7-11-20)16-19-8-4-2-5-9-19/h2-11,21H,12-17H2,1H3,(H,23,27)/t21-/m1/s1. The lowest BCUT2D eigenvalue weighted by atomic mass is 9.99. The van der Waals surface area contributed by atoms with E-state index in [9.17, 15) is 9.59 Å². The number of rotatable bonds is 6. The second-order valence-corrected chi connectivity index (χ2v) is 7.00. The number of amides is 2. The summed E-state index contributed by atoms with van der Waals surface area (Å²) in [6, 6.07) is 20.3. The van der Waals surface area contributed by atoms with Crippen molar-refractivity contribution in [2.24, 2.45) is 0 Å². The van der Waals surface area contributed by atoms with Gasteiger partial charge in [-0.2, -0.15) is 0 Å². The van der Waals surface area contributed by atoms with Crippen molar-refractivity contribution in [3.63, 3.8) is 0 Å². The first-order valence-electron chi connectivity index (χ1n) is 9.48. The molecule has 1 saturated heterocycles. The highest BCUT2D eigenvalue weighted by Gasteiger charge is 2.22. The van der Waals surface area contributed by atoms with Gasteiger partial charge < -0.3 is 10.2 Å². The van der Waals surface area contributed by atoms with E-state index in [2.05, 4.69) is 34.5 Å². The monoisotopic (exact) mass is 365 g/mol. The molecule has 1 aliphatic rings. The van der Waals surface area contributed by atoms with Gasteiger partial charge in [0.2, 0.25) is 11.8 Å². The maximum absolute atomic E-state index is 12.7. The molecule has 1 fully saturated rings. The Balaban J connectivity index is 1.60. The van der Waals surface area contributed by atoms with E-state index in [0.717, 1.165) is 25.1 Å². The Labute approximate surface area is 161 Å². The third-order valence-electron chi connectivity index (χ3n) is 5.00. The van der Waals surface area contributed by atoms with Crippen LogP contribution in [0, 0.1) is 0 Å². The molecule has 2 amide bonds. The van der Waals surface area contributed by atoms with Gasteiger partial charge in [0.15, 0.2) is 0 Å². The number of nitrogens with one attached hydrogen (secondary N) is 1. The summed E-state index contributed by atoms with van der Waals surface area (Å²) in [5.41, 5.74) is 2.30. The molecule has 0 aromatic heterocycles. The maximum Gasteiger partial charge on any atom is 0.234 e. The lowest BCUT2D eigenvalue weighted by Crippen LogP contribution is -2.50. The summed E-state index contributed by atoms with van der Waals surface area (Å²) in [5, 5.41) is 3.20. The first-order valence-corrected chi connectivity index (χ1v) is 9.48. The van der Waals surface area contributed by atoms with E-state index >= 15 is 0 Å². The van der Waals surface area contributed by atoms with Crippen LogP contribution in [-0.4, -0.2) is 54.3 Å². The quantitative estimate of drug-likeness (QED) is 0.854. The van der Waals surface area contributed by atoms with Crippen molar-refractivity contribution in [3.05, 3.63) is 71.8 Å². The molecule has 1 heterocycles. The molecule has 3 rings (SSSR count). The van der Waals surface area contributed by atoms with Crippen LogP contribution < -0.4 is 5.32 Å². The number of carbonyl (C=O) groups is 2. The van der Waals surface area contributed by atoms with Crippen LogP contribution in [-0.2, 0) is 16.0 Å². The number of hydrogen-bond acceptors (Lipinski definition) is 3. The van der Waals surface area contributed by atoms with Crippen LogP contribution in [0.5, 0.6) is 0 Å². The van der Waals surface area contributed by atoms with E-state index in [1.807, 2.05) is 41.3 Å². The van der Waals surface area contributed by atoms with Crippen molar-refractivity contribution in [2.75, 3.05) is 32.7 Å². The molecule has 1 aliphatic heterocycles. The third-order valence-corrected chi connectivity index (χ3v) is 5.00. The summed E-state index contributed by atoms with van der Waals surface area (Å²) in [6.07, 6.45) is 0.759. The van der Waals surface area contributed by atoms with Crippen molar-refractivity contribution in [2.45, 2.75) is 19.4 Å². The number of carbonyl (C=O) groups excluding carboxylic acids is 2. The Morgan fingerprint density at radius 3 is 2.11 bits per heavy atom. The molecule has 5 nitrogen and oxygen atoms in total. The van der Waals surface area contributed by atoms with E-state index in [1.54, 1.807) is 6.92 Å². The molecule has 1 N–H and O–H groups in total. The fraction of sp³-hybridized carbons (Fsp3) is 0.364. The van der Waals surface area contributed by atoms with E-state index in [0.29, 0.717) is 19.6 Å². The maximum atomic E-state index is 12.7. The summed E-state index contributed by atoms with van der Waals surface area (Å²) in [6.45, 7) is 4.81. The Kier molecular flexibility index (Phi) is 6.60. The Morgan fingerprint density at radius 1 is 0.926 bits per heavy atom. The lowest BCUT2D eigenvalue weighted by Gasteiger charge is -2.34. The van der Waals surface area contributed by atoms with Crippen LogP contribution in [0.15, 0.2) is 60.7 Å². The summed E-state index contributed by atoms with van der Waals surface area (Å²) in [5.74, 6) is 0.127. The van der Waals surface area contributed by atoms with Crippen LogP contribution in [0.2, 0.25) is 0 Å². The van der Waals surface area contributed by atoms with Gasteiger partial charge in [0.1, 0.15) is 0 Å². The minimum Gasteiger partial charge on any atom is -0.348 e. The largest absolute Gasteiger partial charge is 0.348 e. The van der Waals surface area contributed by atoms with E-state index in [4.69, 9.17) is 0 Å². The molecule has 0 aliphatic carbocycles. The normalized spacial score (nSPS) is 16.0. The third kappa shape index (κ3) is 5.66. The minimum atomic E-state index is -0.0559. The molecule has 0 bridgehead atoms. The van der Waals surface area contributed by atoms with Crippen LogP contribution in [0.4, 0.5) is 0 Å². The zero-order valence-corrected chi connectivity index (χ0v) is 15.8. The Bertz CT molecular complexity index is 741. The fourth-order valence-corrected chi connectivity index (χ4v) is 3.45. The first-order chi connectivity index (χ1) is 13.1. The molecule has 1 atom stereocenters. The van der Waals surface area contributed by atoms with E-state index in [-0.39, 0.29) is 17.9 Å². The highest BCUT2D eigenvalue weighted by atomic mass is 16.2. The molecule has 27 heavy (non-hydrogen) atoms. The molecule has 142 valence electrons. The predicted octanol–water partition coefficient (Wildman–Crippen LogP) is 2.25. The van der Waals surface area contributed by atoms with Gasteiger partial charge in [0.25, 0.3) is 0 Å². The highest BCUT2D eigenvalue weighted by molar-refractivity contribution is 5.78. The van der Waals surface area contributed by atoms with Crippen molar-refractivity contribution in [3.8, 4) is 0 Å². The predicted molar refractivity (Wildman–Crippen MR) is 106 cm³/mol. The van der Waals surface area contributed by atoms with Crippen molar-refractivity contribution < 1.29 is 9.59 Å². The topological polar surface area (TPSA) is 52.7 Å². The summed E-state index contributed by atoms with van der Waals surface area (Å²) < 4.78 is 0. The summed E-state index contributed by atoms with van der Waals surface area (Å²) in [7, 11) is 0. The first kappa shape index (κ1) is 19.1. The molecule has 5 heteroatoms. The lowest BCUT2D eigenvalue weighted by molar-refractivity contribution is -0.131. The van der Waals surface area contributed by atoms with Gasteiger partial charge in [-0.15, -0.1) is 0 Å². The number of benzene rings is 2. The molecular weight excluding hydrogens is 338 g/mol. The van der Waals surface area contributed by atoms with Gasteiger partial charge in [-0.05, 0) is 17.5 Å². The molecule has 0 spiro atoms. The molecule has 2 aromatic rings. The molecule has 2 aromatic carbocycles. The number of hydrogen-bond donors (Lipinski definition) is 1. The van der Waals surface area contributed by atoms with E-state index < -0.39 is 0 Å². The minimum absolute atomic E-state index is 0.0241. The zero-order chi connectivity index (χ0) is 19.1. The van der Waals surface area contributed by atoms with Crippen molar-refractivity contribution >= 4 is 11.8 Å². The smallest absolute Gasteiger partial charge is 0.234 e. The Morgan fingerprint density at radius 2 is 1.52 bits per heavy atom. The van der Waals surface area contributed by atoms with Crippen LogP contribution in [0.3, 0.4) is 0 Å². The van der Waals surface area contributed by atoms with Gasteiger partial charge in [0, 0.05) is 33.1 Å². The second-order valence-electron chi connectivity index (χ2n) is 7.00. The van der Waals surface area contributed by atoms with E-state index in [1.165, 1.54) is 5.56 Å². The highest BCUT2D eigenvalue weighted by Crippen LogP contribution is 2.18. The number of piperazine rings is 1. The van der Waals surface area contributed by atoms with Crippen LogP contribution in [0.25, 0.3) is 0 Å². The average molecular weight is 365 g/mol. The summed E-state index contributed by atoms with van der Waals surface area (Å²) in [4.78, 5) is 28.0. The molecule has 0 radical (unpaired) electrons. The van der Waals surface area contributed by atoms with Crippen molar-refractivity contribution in [1.29, 1.82) is 0 Å². The average Bonchev–Trinajstić information content (AvgIpc) is 2.69. The molecular formula is C22H27N3O2. The van der Waals surface area contributed by atoms with Crippen LogP contribution >= 0.6 is 0 Å². The fourth-order valence-electron chi connectivity index (χ4n) is 3.45. The van der Waals surface area contributed by atoms with Gasteiger partial charge in [-0.3, -0.25) is 14.5 Å². The van der Waals surface area contributed by atoms with Gasteiger partial charge in [-0.1, -0.05) is 60.7 Å². The van der Waals surface area contributed by atoms with Crippen LogP contribution in [0.1, 0.15) is 24.1 Å². The molecule has 0 saturated carbocycles. The number of nitrogens with zero attached hydrogens (tertiary/aromatic N) is 2. The van der Waals surface area contributed by atoms with Gasteiger partial charge in [-0.25, -0.2) is 0 Å². The summed E-state index contributed by atoms with van der Waals surface area (Å²) >= 11 is 0.